The highest BCUT2D eigenvalue weighted by Crippen LogP contribution is 2.27. The molecule has 0 bridgehead atoms. The van der Waals surface area contributed by atoms with Gasteiger partial charge in [0.15, 0.2) is 0 Å². The first kappa shape index (κ1) is 17.0. The summed E-state index contributed by atoms with van der Waals surface area (Å²) in [5, 5.41) is 12.4. The van der Waals surface area contributed by atoms with Crippen LogP contribution in [0.25, 0.3) is 11.1 Å². The van der Waals surface area contributed by atoms with E-state index in [0.717, 1.165) is 22.3 Å². The zero-order valence-electron chi connectivity index (χ0n) is 13.8. The number of nitrogens with two attached hydrogens (primary N) is 1. The highest BCUT2D eigenvalue weighted by Gasteiger charge is 2.15. The molecule has 0 saturated heterocycles. The van der Waals surface area contributed by atoms with Gasteiger partial charge in [-0.15, -0.1) is 0 Å². The molecule has 0 fully saturated rings. The molecule has 0 aliphatic rings. The third kappa shape index (κ3) is 4.57. The van der Waals surface area contributed by atoms with Gasteiger partial charge < -0.3 is 16.2 Å². The molecule has 0 aliphatic carbocycles. The fraction of sp³-hybridized carbons (Fsp3) is 0.316. The number of benzene rings is 2. The van der Waals surface area contributed by atoms with Crippen LogP contribution < -0.4 is 11.1 Å². The topological polar surface area (TPSA) is 75.4 Å². The summed E-state index contributed by atoms with van der Waals surface area (Å²) in [5.41, 5.74) is 10.1. The van der Waals surface area contributed by atoms with Crippen LogP contribution in [0, 0.1) is 6.92 Å². The minimum atomic E-state index is -0.552. The monoisotopic (exact) mass is 312 g/mol. The van der Waals surface area contributed by atoms with Crippen molar-refractivity contribution in [2.24, 2.45) is 5.73 Å². The molecule has 0 radical (unpaired) electrons. The minimum absolute atomic E-state index is 0.0865. The van der Waals surface area contributed by atoms with Gasteiger partial charge in [-0.1, -0.05) is 30.3 Å². The van der Waals surface area contributed by atoms with E-state index in [1.54, 1.807) is 12.1 Å². The lowest BCUT2D eigenvalue weighted by Crippen LogP contribution is -2.44. The Morgan fingerprint density at radius 1 is 1.22 bits per heavy atom. The van der Waals surface area contributed by atoms with E-state index in [4.69, 9.17) is 5.73 Å². The van der Waals surface area contributed by atoms with E-state index in [1.807, 2.05) is 51.1 Å². The smallest absolute Gasteiger partial charge is 0.237 e. The predicted octanol–water partition coefficient (Wildman–Crippen LogP) is 2.76. The lowest BCUT2D eigenvalue weighted by atomic mass is 9.96. The van der Waals surface area contributed by atoms with Crippen molar-refractivity contribution in [3.05, 3.63) is 53.6 Å². The summed E-state index contributed by atoms with van der Waals surface area (Å²) in [6, 6.07) is 12.7. The lowest BCUT2D eigenvalue weighted by Gasteiger charge is -2.15. The summed E-state index contributed by atoms with van der Waals surface area (Å²) in [5.74, 6) is 0.119. The molecule has 1 amide bonds. The molecule has 122 valence electrons. The molecule has 2 aromatic rings. The Kier molecular flexibility index (Phi) is 5.40. The van der Waals surface area contributed by atoms with Gasteiger partial charge in [0, 0.05) is 6.04 Å². The van der Waals surface area contributed by atoms with Crippen molar-refractivity contribution in [3.63, 3.8) is 0 Å². The maximum Gasteiger partial charge on any atom is 0.237 e. The van der Waals surface area contributed by atoms with Crippen molar-refractivity contribution in [2.45, 2.75) is 39.3 Å². The first-order valence-corrected chi connectivity index (χ1v) is 7.81. The quantitative estimate of drug-likeness (QED) is 0.794. The van der Waals surface area contributed by atoms with Crippen molar-refractivity contribution in [2.75, 3.05) is 0 Å². The molecule has 0 unspecified atom stereocenters. The Balaban J connectivity index is 2.15. The number of hydrogen-bond acceptors (Lipinski definition) is 3. The van der Waals surface area contributed by atoms with Crippen LogP contribution in [0.3, 0.4) is 0 Å². The van der Waals surface area contributed by atoms with Crippen LogP contribution >= 0.6 is 0 Å². The molecule has 4 nitrogen and oxygen atoms in total. The third-order valence-corrected chi connectivity index (χ3v) is 3.67. The van der Waals surface area contributed by atoms with E-state index in [0.29, 0.717) is 6.42 Å². The van der Waals surface area contributed by atoms with Crippen molar-refractivity contribution >= 4 is 5.91 Å². The van der Waals surface area contributed by atoms with Crippen molar-refractivity contribution in [1.82, 2.24) is 5.32 Å². The maximum absolute atomic E-state index is 11.9. The fourth-order valence-electron chi connectivity index (χ4n) is 2.59. The van der Waals surface area contributed by atoms with E-state index in [9.17, 15) is 9.90 Å². The van der Waals surface area contributed by atoms with E-state index < -0.39 is 6.04 Å². The molecule has 1 atom stereocenters. The number of aromatic hydroxyl groups is 1. The second kappa shape index (κ2) is 7.29. The molecule has 2 aromatic carbocycles. The number of aryl methyl sites for hydroxylation is 1. The van der Waals surface area contributed by atoms with Gasteiger partial charge in [0.25, 0.3) is 0 Å². The van der Waals surface area contributed by atoms with Gasteiger partial charge in [-0.05, 0) is 61.6 Å². The van der Waals surface area contributed by atoms with Crippen molar-refractivity contribution in [1.29, 1.82) is 0 Å². The summed E-state index contributed by atoms with van der Waals surface area (Å²) in [4.78, 5) is 11.9. The summed E-state index contributed by atoms with van der Waals surface area (Å²) in [6.07, 6.45) is 0.500. The number of amides is 1. The predicted molar refractivity (Wildman–Crippen MR) is 93.2 cm³/mol. The second-order valence-electron chi connectivity index (χ2n) is 6.17. The summed E-state index contributed by atoms with van der Waals surface area (Å²) >= 11 is 0. The third-order valence-electron chi connectivity index (χ3n) is 3.67. The fourth-order valence-corrected chi connectivity index (χ4v) is 2.59. The molecule has 0 saturated carbocycles. The normalized spacial score (nSPS) is 12.2. The molecule has 0 heterocycles. The van der Waals surface area contributed by atoms with Gasteiger partial charge in [-0.3, -0.25) is 4.79 Å². The number of carbonyl (C=O) groups excluding carboxylic acids is 1. The van der Waals surface area contributed by atoms with Crippen LogP contribution in [0.5, 0.6) is 5.75 Å². The van der Waals surface area contributed by atoms with E-state index in [2.05, 4.69) is 5.32 Å². The molecule has 0 spiro atoms. The SMILES string of the molecule is Cc1cc(C[C@H](N)C(=O)NC(C)C)ccc1-c1cccc(O)c1. The zero-order valence-corrected chi connectivity index (χ0v) is 13.8. The van der Waals surface area contributed by atoms with Crippen molar-refractivity contribution in [3.8, 4) is 16.9 Å². The van der Waals surface area contributed by atoms with Crippen LogP contribution in [0.2, 0.25) is 0 Å². The Labute approximate surface area is 137 Å². The average Bonchev–Trinajstić information content (AvgIpc) is 2.46. The van der Waals surface area contributed by atoms with E-state index >= 15 is 0 Å². The first-order valence-electron chi connectivity index (χ1n) is 7.81. The molecule has 4 heteroatoms. The zero-order chi connectivity index (χ0) is 17.0. The number of carbonyl (C=O) groups is 1. The van der Waals surface area contributed by atoms with E-state index in [-0.39, 0.29) is 17.7 Å². The largest absolute Gasteiger partial charge is 0.508 e. The number of phenols is 1. The van der Waals surface area contributed by atoms with Gasteiger partial charge >= 0.3 is 0 Å². The second-order valence-corrected chi connectivity index (χ2v) is 6.17. The summed E-state index contributed by atoms with van der Waals surface area (Å²) in [7, 11) is 0. The highest BCUT2D eigenvalue weighted by molar-refractivity contribution is 5.82. The Bertz CT molecular complexity index is 696. The van der Waals surface area contributed by atoms with Gasteiger partial charge in [0.05, 0.1) is 6.04 Å². The molecule has 4 N–H and O–H groups in total. The van der Waals surface area contributed by atoms with Gasteiger partial charge in [0.2, 0.25) is 5.91 Å². The standard InChI is InChI=1S/C19H24N2O2/c1-12(2)21-19(23)18(20)10-14-7-8-17(13(3)9-14)15-5-4-6-16(22)11-15/h4-9,11-12,18,22H,10,20H2,1-3H3,(H,21,23)/t18-/m0/s1. The Hall–Kier alpha value is -2.33. The Morgan fingerprint density at radius 2 is 1.96 bits per heavy atom. The van der Waals surface area contributed by atoms with Crippen LogP contribution in [0.1, 0.15) is 25.0 Å². The molecular weight excluding hydrogens is 288 g/mol. The van der Waals surface area contributed by atoms with Crippen LogP contribution in [-0.4, -0.2) is 23.1 Å². The highest BCUT2D eigenvalue weighted by atomic mass is 16.3. The number of rotatable bonds is 5. The molecule has 23 heavy (non-hydrogen) atoms. The van der Waals surface area contributed by atoms with E-state index in [1.165, 1.54) is 0 Å². The van der Waals surface area contributed by atoms with Gasteiger partial charge in [0.1, 0.15) is 5.75 Å². The van der Waals surface area contributed by atoms with Crippen molar-refractivity contribution < 1.29 is 9.90 Å². The Morgan fingerprint density at radius 3 is 2.57 bits per heavy atom. The van der Waals surface area contributed by atoms with Gasteiger partial charge in [-0.2, -0.15) is 0 Å². The minimum Gasteiger partial charge on any atom is -0.508 e. The first-order chi connectivity index (χ1) is 10.9. The van der Waals surface area contributed by atoms with Crippen LogP contribution in [0.4, 0.5) is 0 Å². The molecule has 0 aliphatic heterocycles. The maximum atomic E-state index is 11.9. The summed E-state index contributed by atoms with van der Waals surface area (Å²) < 4.78 is 0. The number of nitrogens with one attached hydrogen (secondary N) is 1. The molecule has 2 rings (SSSR count). The molecular formula is C19H24N2O2. The molecule has 0 aromatic heterocycles. The van der Waals surface area contributed by atoms with Gasteiger partial charge in [-0.25, -0.2) is 0 Å². The average molecular weight is 312 g/mol. The van der Waals surface area contributed by atoms with Crippen LogP contribution in [-0.2, 0) is 11.2 Å². The number of hydrogen-bond donors (Lipinski definition) is 3. The van der Waals surface area contributed by atoms with Crippen LogP contribution in [0.15, 0.2) is 42.5 Å². The number of phenolic OH excluding ortho intramolecular Hbond substituents is 1. The summed E-state index contributed by atoms with van der Waals surface area (Å²) in [6.45, 7) is 5.85. The lowest BCUT2D eigenvalue weighted by molar-refractivity contribution is -0.122.